The predicted octanol–water partition coefficient (Wildman–Crippen LogP) is 4.48. The van der Waals surface area contributed by atoms with Crippen molar-refractivity contribution in [1.82, 2.24) is 0 Å². The van der Waals surface area contributed by atoms with Crippen LogP contribution in [-0.2, 0) is 0 Å². The minimum Gasteiger partial charge on any atom is -0.389 e. The first-order valence-corrected chi connectivity index (χ1v) is 6.76. The molecule has 2 rings (SSSR count). The summed E-state index contributed by atoms with van der Waals surface area (Å²) in [5.41, 5.74) is 8.31. The molecule has 0 spiro atoms. The Kier molecular flexibility index (Phi) is 4.22. The van der Waals surface area contributed by atoms with Crippen LogP contribution < -0.4 is 11.1 Å². The first kappa shape index (κ1) is 13.3. The number of thiocarbonyl (C=S) groups is 1. The maximum Gasteiger partial charge on any atom is 0.104 e. The van der Waals surface area contributed by atoms with E-state index in [1.165, 1.54) is 0 Å². The Balaban J connectivity index is 2.24. The lowest BCUT2D eigenvalue weighted by Crippen LogP contribution is -2.09. The summed E-state index contributed by atoms with van der Waals surface area (Å²) in [5.74, 6) is 0. The number of hydrogen-bond donors (Lipinski definition) is 2. The SMILES string of the molecule is NC(=S)c1ccc(Nc2ccc(Cl)cc2)c(Br)c1. The highest BCUT2D eigenvalue weighted by atomic mass is 79.9. The van der Waals surface area contributed by atoms with Crippen molar-refractivity contribution in [2.45, 2.75) is 0 Å². The third kappa shape index (κ3) is 3.22. The number of rotatable bonds is 3. The smallest absolute Gasteiger partial charge is 0.104 e. The first-order valence-electron chi connectivity index (χ1n) is 5.18. The molecule has 0 amide bonds. The van der Waals surface area contributed by atoms with Crippen LogP contribution in [0.15, 0.2) is 46.9 Å². The van der Waals surface area contributed by atoms with Crippen LogP contribution in [0, 0.1) is 0 Å². The molecule has 0 fully saturated rings. The third-order valence-electron chi connectivity index (χ3n) is 2.38. The molecule has 18 heavy (non-hydrogen) atoms. The molecule has 2 nitrogen and oxygen atoms in total. The van der Waals surface area contributed by atoms with Gasteiger partial charge in [0.2, 0.25) is 0 Å². The van der Waals surface area contributed by atoms with E-state index < -0.39 is 0 Å². The second-order valence-corrected chi connectivity index (χ2v) is 5.42. The number of nitrogens with two attached hydrogens (primary N) is 1. The molecule has 0 saturated carbocycles. The highest BCUT2D eigenvalue weighted by Crippen LogP contribution is 2.27. The molecule has 5 heteroatoms. The molecule has 0 aliphatic carbocycles. The van der Waals surface area contributed by atoms with Crippen LogP contribution in [0.25, 0.3) is 0 Å². The Morgan fingerprint density at radius 2 is 1.83 bits per heavy atom. The fraction of sp³-hybridized carbons (Fsp3) is 0. The maximum atomic E-state index is 5.84. The standard InChI is InChI=1S/C13H10BrClN2S/c14-11-7-8(13(16)18)1-6-12(11)17-10-4-2-9(15)3-5-10/h1-7,17H,(H2,16,18). The molecule has 2 aromatic carbocycles. The van der Waals surface area contributed by atoms with E-state index in [-0.39, 0.29) is 0 Å². The number of nitrogens with one attached hydrogen (secondary N) is 1. The molecule has 0 aliphatic rings. The van der Waals surface area contributed by atoms with Gasteiger partial charge in [-0.05, 0) is 58.4 Å². The largest absolute Gasteiger partial charge is 0.389 e. The van der Waals surface area contributed by atoms with E-state index in [0.717, 1.165) is 21.4 Å². The lowest BCUT2D eigenvalue weighted by molar-refractivity contribution is 1.51. The molecule has 0 radical (unpaired) electrons. The Bertz CT molecular complexity index is 584. The van der Waals surface area contributed by atoms with Gasteiger partial charge in [-0.3, -0.25) is 0 Å². The van der Waals surface area contributed by atoms with Gasteiger partial charge in [-0.2, -0.15) is 0 Å². The quantitative estimate of drug-likeness (QED) is 0.808. The molecular formula is C13H10BrClN2S. The molecule has 0 atom stereocenters. The summed E-state index contributed by atoms with van der Waals surface area (Å²) in [6.45, 7) is 0. The number of hydrogen-bond acceptors (Lipinski definition) is 2. The predicted molar refractivity (Wildman–Crippen MR) is 84.8 cm³/mol. The maximum absolute atomic E-state index is 5.84. The second-order valence-electron chi connectivity index (χ2n) is 3.69. The van der Waals surface area contributed by atoms with E-state index in [1.807, 2.05) is 42.5 Å². The van der Waals surface area contributed by atoms with Gasteiger partial charge in [-0.25, -0.2) is 0 Å². The minimum absolute atomic E-state index is 0.383. The van der Waals surface area contributed by atoms with E-state index in [0.29, 0.717) is 10.0 Å². The van der Waals surface area contributed by atoms with Gasteiger partial charge in [0.15, 0.2) is 0 Å². The van der Waals surface area contributed by atoms with Crippen LogP contribution >= 0.6 is 39.7 Å². The second kappa shape index (κ2) is 5.69. The van der Waals surface area contributed by atoms with Gasteiger partial charge in [0.25, 0.3) is 0 Å². The molecule has 0 aromatic heterocycles. The summed E-state index contributed by atoms with van der Waals surface area (Å²) in [6, 6.07) is 13.2. The lowest BCUT2D eigenvalue weighted by atomic mass is 10.2. The van der Waals surface area contributed by atoms with Crippen molar-refractivity contribution in [2.75, 3.05) is 5.32 Å². The number of benzene rings is 2. The molecule has 0 bridgehead atoms. The van der Waals surface area contributed by atoms with Gasteiger partial charge >= 0.3 is 0 Å². The van der Waals surface area contributed by atoms with Crippen LogP contribution in [0.4, 0.5) is 11.4 Å². The zero-order chi connectivity index (χ0) is 13.1. The highest BCUT2D eigenvalue weighted by molar-refractivity contribution is 9.10. The molecule has 0 heterocycles. The Morgan fingerprint density at radius 3 is 2.39 bits per heavy atom. The van der Waals surface area contributed by atoms with Gasteiger partial charge in [-0.15, -0.1) is 0 Å². The molecule has 2 aromatic rings. The zero-order valence-corrected chi connectivity index (χ0v) is 12.4. The van der Waals surface area contributed by atoms with Gasteiger partial charge in [0.05, 0.1) is 5.69 Å². The molecule has 92 valence electrons. The molecule has 3 N–H and O–H groups in total. The average molecular weight is 342 g/mol. The van der Waals surface area contributed by atoms with Crippen molar-refractivity contribution in [1.29, 1.82) is 0 Å². The van der Waals surface area contributed by atoms with Gasteiger partial charge < -0.3 is 11.1 Å². The minimum atomic E-state index is 0.383. The van der Waals surface area contributed by atoms with Crippen LogP contribution in [-0.4, -0.2) is 4.99 Å². The lowest BCUT2D eigenvalue weighted by Gasteiger charge is -2.10. The monoisotopic (exact) mass is 340 g/mol. The van der Waals surface area contributed by atoms with Crippen LogP contribution in [0.5, 0.6) is 0 Å². The van der Waals surface area contributed by atoms with E-state index in [4.69, 9.17) is 29.6 Å². The van der Waals surface area contributed by atoms with Gasteiger partial charge in [-0.1, -0.05) is 23.8 Å². The summed E-state index contributed by atoms with van der Waals surface area (Å²) < 4.78 is 0.905. The van der Waals surface area contributed by atoms with Crippen LogP contribution in [0.3, 0.4) is 0 Å². The van der Waals surface area contributed by atoms with Crippen LogP contribution in [0.2, 0.25) is 5.02 Å². The van der Waals surface area contributed by atoms with Crippen molar-refractivity contribution in [3.63, 3.8) is 0 Å². The summed E-state index contributed by atoms with van der Waals surface area (Å²) in [5, 5.41) is 3.99. The normalized spacial score (nSPS) is 10.1. The van der Waals surface area contributed by atoms with Gasteiger partial charge in [0, 0.05) is 20.7 Å². The van der Waals surface area contributed by atoms with Crippen molar-refractivity contribution >= 4 is 56.1 Å². The molecule has 0 aliphatic heterocycles. The summed E-state index contributed by atoms with van der Waals surface area (Å²) in [4.78, 5) is 0.383. The first-order chi connectivity index (χ1) is 8.56. The van der Waals surface area contributed by atoms with Crippen molar-refractivity contribution < 1.29 is 0 Å². The average Bonchev–Trinajstić information content (AvgIpc) is 2.34. The fourth-order valence-corrected chi connectivity index (χ4v) is 2.19. The third-order valence-corrected chi connectivity index (χ3v) is 3.52. The van der Waals surface area contributed by atoms with Gasteiger partial charge in [0.1, 0.15) is 4.99 Å². The number of anilines is 2. The molecule has 0 saturated heterocycles. The van der Waals surface area contributed by atoms with Crippen LogP contribution in [0.1, 0.15) is 5.56 Å². The fourth-order valence-electron chi connectivity index (χ4n) is 1.46. The summed E-state index contributed by atoms with van der Waals surface area (Å²) >= 11 is 14.3. The van der Waals surface area contributed by atoms with Crippen molar-refractivity contribution in [3.8, 4) is 0 Å². The van der Waals surface area contributed by atoms with Crippen molar-refractivity contribution in [2.24, 2.45) is 5.73 Å². The van der Waals surface area contributed by atoms with E-state index in [9.17, 15) is 0 Å². The van der Waals surface area contributed by atoms with E-state index >= 15 is 0 Å². The Hall–Kier alpha value is -1.10. The highest BCUT2D eigenvalue weighted by Gasteiger charge is 2.03. The van der Waals surface area contributed by atoms with E-state index in [1.54, 1.807) is 0 Å². The Morgan fingerprint density at radius 1 is 1.17 bits per heavy atom. The summed E-state index contributed by atoms with van der Waals surface area (Å²) in [6.07, 6.45) is 0. The number of halogens is 2. The topological polar surface area (TPSA) is 38.0 Å². The molecule has 0 unspecified atom stereocenters. The van der Waals surface area contributed by atoms with Crippen molar-refractivity contribution in [3.05, 3.63) is 57.5 Å². The summed E-state index contributed by atoms with van der Waals surface area (Å²) in [7, 11) is 0. The zero-order valence-electron chi connectivity index (χ0n) is 9.28. The Labute approximate surface area is 124 Å². The van der Waals surface area contributed by atoms with E-state index in [2.05, 4.69) is 21.2 Å². The molecular weight excluding hydrogens is 332 g/mol.